The molecule has 0 bridgehead atoms. The number of aromatic nitrogens is 2. The summed E-state index contributed by atoms with van der Waals surface area (Å²) in [6.07, 6.45) is 0.401. The normalized spacial score (nSPS) is 13.6. The van der Waals surface area contributed by atoms with Gasteiger partial charge in [0, 0.05) is 32.1 Å². The highest BCUT2D eigenvalue weighted by Gasteiger charge is 2.33. The quantitative estimate of drug-likeness (QED) is 0.100. The van der Waals surface area contributed by atoms with Crippen LogP contribution in [-0.2, 0) is 43.4 Å². The van der Waals surface area contributed by atoms with Crippen LogP contribution in [0.4, 0.5) is 11.5 Å². The van der Waals surface area contributed by atoms with Crippen molar-refractivity contribution in [1.82, 2.24) is 13.6 Å². The minimum Gasteiger partial charge on any atom is -0.470 e. The lowest BCUT2D eigenvalue weighted by Crippen LogP contribution is -2.52. The second-order valence-electron chi connectivity index (χ2n) is 13.5. The van der Waals surface area contributed by atoms with Gasteiger partial charge >= 0.3 is 17.9 Å². The molecule has 0 saturated carbocycles. The Kier molecular flexibility index (Phi) is 15.8. The molecule has 1 saturated heterocycles. The van der Waals surface area contributed by atoms with Gasteiger partial charge in [-0.1, -0.05) is 31.5 Å². The standard InChI is InChI=1S/C36H48N6O12S2/c1-6-7-13-38-28-18-25(19-29(56(37,47)48)32(28)54-26-11-9-8-10-12-26)35(46)52-23-31(45)53-27(20-42(36(3,4)5)30(44)22-50-24(2)43)21-51-34-33(39-55-40-34)41-14-16-49-17-15-41/h8-12,18-19,27,38H,6-7,13-17,20-23H2,1-5H3,(H2,37,47,48)/t27-/m0/s1. The molecule has 1 atom stereocenters. The molecule has 3 aromatic rings. The Bertz CT molecular complexity index is 1910. The van der Waals surface area contributed by atoms with Gasteiger partial charge in [-0.05, 0) is 51.5 Å². The van der Waals surface area contributed by atoms with E-state index in [0.717, 1.165) is 30.6 Å². The molecular formula is C36H48N6O12S2. The highest BCUT2D eigenvalue weighted by molar-refractivity contribution is 7.89. The molecule has 2 heterocycles. The minimum atomic E-state index is -4.44. The van der Waals surface area contributed by atoms with Gasteiger partial charge < -0.3 is 43.5 Å². The molecule has 3 N–H and O–H groups in total. The number of carbonyl (C=O) groups is 4. The number of ether oxygens (including phenoxy) is 6. The Hall–Kier alpha value is -5.05. The number of esters is 3. The van der Waals surface area contributed by atoms with Crippen molar-refractivity contribution in [2.75, 3.05) is 69.4 Å². The first-order valence-corrected chi connectivity index (χ1v) is 20.1. The molecule has 0 radical (unpaired) electrons. The van der Waals surface area contributed by atoms with Gasteiger partial charge in [-0.25, -0.2) is 23.1 Å². The maximum atomic E-state index is 13.4. The summed E-state index contributed by atoms with van der Waals surface area (Å²) in [5.74, 6) is -2.38. The number of nitrogens with one attached hydrogen (secondary N) is 1. The number of amides is 1. The van der Waals surface area contributed by atoms with Crippen molar-refractivity contribution in [3.8, 4) is 17.4 Å². The predicted octanol–water partition coefficient (Wildman–Crippen LogP) is 3.36. The van der Waals surface area contributed by atoms with E-state index in [1.165, 1.54) is 17.9 Å². The summed E-state index contributed by atoms with van der Waals surface area (Å²) in [5, 5.41) is 8.68. The predicted molar refractivity (Wildman–Crippen MR) is 204 cm³/mol. The molecule has 56 heavy (non-hydrogen) atoms. The van der Waals surface area contributed by atoms with Crippen molar-refractivity contribution in [3.05, 3.63) is 48.0 Å². The van der Waals surface area contributed by atoms with Gasteiger partial charge in [-0.3, -0.25) is 9.59 Å². The number of hydrogen-bond acceptors (Lipinski definition) is 17. The number of nitrogens with two attached hydrogens (primary N) is 1. The van der Waals surface area contributed by atoms with E-state index in [4.69, 9.17) is 33.6 Å². The highest BCUT2D eigenvalue weighted by Crippen LogP contribution is 2.37. The minimum absolute atomic E-state index is 0.118. The van der Waals surface area contributed by atoms with Crippen LogP contribution >= 0.6 is 11.7 Å². The van der Waals surface area contributed by atoms with Gasteiger partial charge in [0.1, 0.15) is 17.3 Å². The third kappa shape index (κ3) is 13.0. The van der Waals surface area contributed by atoms with Gasteiger partial charge in [0.15, 0.2) is 25.1 Å². The molecule has 0 spiro atoms. The van der Waals surface area contributed by atoms with E-state index >= 15 is 0 Å². The molecule has 306 valence electrons. The summed E-state index contributed by atoms with van der Waals surface area (Å²) in [6, 6.07) is 10.8. The molecule has 18 nitrogen and oxygen atoms in total. The fourth-order valence-corrected chi connectivity index (χ4v) is 6.55. The summed E-state index contributed by atoms with van der Waals surface area (Å²) in [7, 11) is -4.44. The number of anilines is 2. The highest BCUT2D eigenvalue weighted by atomic mass is 32.2. The molecule has 1 amide bonds. The first kappa shape index (κ1) is 43.7. The van der Waals surface area contributed by atoms with Crippen molar-refractivity contribution < 1.29 is 56.0 Å². The molecule has 2 aromatic carbocycles. The van der Waals surface area contributed by atoms with E-state index in [1.807, 2.05) is 11.8 Å². The maximum absolute atomic E-state index is 13.4. The van der Waals surface area contributed by atoms with Gasteiger partial charge in [-0.15, -0.1) is 4.37 Å². The number of para-hydroxylation sites is 1. The maximum Gasteiger partial charge on any atom is 0.344 e. The molecular weight excluding hydrogens is 773 g/mol. The van der Waals surface area contributed by atoms with E-state index in [-0.39, 0.29) is 36.0 Å². The second-order valence-corrected chi connectivity index (χ2v) is 15.6. The zero-order chi connectivity index (χ0) is 40.9. The Morgan fingerprint density at radius 3 is 2.41 bits per heavy atom. The molecule has 0 aliphatic carbocycles. The lowest BCUT2D eigenvalue weighted by molar-refractivity contribution is -0.161. The first-order chi connectivity index (χ1) is 26.6. The van der Waals surface area contributed by atoms with Gasteiger partial charge in [0.2, 0.25) is 15.8 Å². The van der Waals surface area contributed by atoms with Crippen LogP contribution in [0.1, 0.15) is 57.8 Å². The molecule has 1 aliphatic heterocycles. The number of rotatable bonds is 19. The molecule has 1 aromatic heterocycles. The van der Waals surface area contributed by atoms with Crippen LogP contribution in [0.3, 0.4) is 0 Å². The van der Waals surface area contributed by atoms with E-state index in [2.05, 4.69) is 14.1 Å². The summed E-state index contributed by atoms with van der Waals surface area (Å²) in [4.78, 5) is 54.2. The topological polar surface area (TPSA) is 228 Å². The van der Waals surface area contributed by atoms with Crippen molar-refractivity contribution in [1.29, 1.82) is 0 Å². The molecule has 1 aliphatic rings. The van der Waals surface area contributed by atoms with Crippen LogP contribution in [0, 0.1) is 0 Å². The third-order valence-electron chi connectivity index (χ3n) is 8.08. The van der Waals surface area contributed by atoms with Gasteiger partial charge in [-0.2, -0.15) is 4.37 Å². The van der Waals surface area contributed by atoms with E-state index in [0.29, 0.717) is 44.4 Å². The fraction of sp³-hybridized carbons (Fsp3) is 0.500. The van der Waals surface area contributed by atoms with Crippen LogP contribution in [0.15, 0.2) is 47.4 Å². The van der Waals surface area contributed by atoms with Crippen LogP contribution < -0.4 is 24.8 Å². The number of unbranched alkanes of at least 4 members (excludes halogenated alkanes) is 1. The SMILES string of the molecule is CCCCNc1cc(C(=O)OCC(=O)O[C@H](COc2nsnc2N2CCOCC2)CN(C(=O)COC(C)=O)C(C)(C)C)cc(S(N)(=O)=O)c1Oc1ccccc1. The zero-order valence-corrected chi connectivity index (χ0v) is 33.6. The summed E-state index contributed by atoms with van der Waals surface area (Å²) >= 11 is 0.933. The Morgan fingerprint density at radius 2 is 1.77 bits per heavy atom. The van der Waals surface area contributed by atoms with Crippen LogP contribution in [0.2, 0.25) is 0 Å². The third-order valence-corrected chi connectivity index (χ3v) is 9.50. The molecule has 4 rings (SSSR count). The van der Waals surface area contributed by atoms with Gasteiger partial charge in [0.05, 0.1) is 42.7 Å². The largest absolute Gasteiger partial charge is 0.470 e. The van der Waals surface area contributed by atoms with Crippen LogP contribution in [0.25, 0.3) is 0 Å². The smallest absolute Gasteiger partial charge is 0.344 e. The summed E-state index contributed by atoms with van der Waals surface area (Å²) in [6.45, 7) is 8.98. The van der Waals surface area contributed by atoms with Crippen molar-refractivity contribution in [3.63, 3.8) is 0 Å². The summed E-state index contributed by atoms with van der Waals surface area (Å²) in [5.41, 5.74) is -0.896. The second kappa shape index (κ2) is 20.2. The van der Waals surface area contributed by atoms with Crippen molar-refractivity contribution in [2.24, 2.45) is 5.14 Å². The van der Waals surface area contributed by atoms with E-state index in [9.17, 15) is 27.6 Å². The number of morpholine rings is 1. The van der Waals surface area contributed by atoms with E-state index < -0.39 is 63.6 Å². The number of primary sulfonamides is 1. The summed E-state index contributed by atoms with van der Waals surface area (Å²) < 4.78 is 67.5. The lowest BCUT2D eigenvalue weighted by atomic mass is 10.1. The van der Waals surface area contributed by atoms with E-state index in [1.54, 1.807) is 51.1 Å². The molecule has 20 heteroatoms. The monoisotopic (exact) mass is 820 g/mol. The van der Waals surface area contributed by atoms with Crippen molar-refractivity contribution in [2.45, 2.75) is 64.0 Å². The van der Waals surface area contributed by atoms with Crippen LogP contribution in [0.5, 0.6) is 17.4 Å². The average molecular weight is 821 g/mol. The fourth-order valence-electron chi connectivity index (χ4n) is 5.33. The molecule has 1 fully saturated rings. The number of benzene rings is 2. The zero-order valence-electron chi connectivity index (χ0n) is 32.0. The number of sulfonamides is 1. The number of nitrogens with zero attached hydrogens (tertiary/aromatic N) is 4. The average Bonchev–Trinajstić information content (AvgIpc) is 3.63. The Labute approximate surface area is 329 Å². The first-order valence-electron chi connectivity index (χ1n) is 17.8. The molecule has 0 unspecified atom stereocenters. The number of carbonyl (C=O) groups excluding carboxylic acids is 4. The Morgan fingerprint density at radius 1 is 1.05 bits per heavy atom. The van der Waals surface area contributed by atoms with Gasteiger partial charge in [0.25, 0.3) is 11.8 Å². The number of hydrogen-bond donors (Lipinski definition) is 2. The lowest BCUT2D eigenvalue weighted by Gasteiger charge is -2.37. The van der Waals surface area contributed by atoms with Crippen LogP contribution in [-0.4, -0.2) is 117 Å². The van der Waals surface area contributed by atoms with Crippen molar-refractivity contribution >= 4 is 57.1 Å². The Balaban J connectivity index is 1.55.